The Kier molecular flexibility index (Phi) is 5.13. The SMILES string of the molecule is COc1cc(/C=C2\SC(=O)N(CNc3cccc(F)c3)C2=O)ccc1O. The van der Waals surface area contributed by atoms with Crippen molar-refractivity contribution in [2.45, 2.75) is 0 Å². The molecule has 0 atom stereocenters. The fourth-order valence-corrected chi connectivity index (χ4v) is 3.18. The van der Waals surface area contributed by atoms with Gasteiger partial charge in [-0.3, -0.25) is 14.5 Å². The summed E-state index contributed by atoms with van der Waals surface area (Å²) in [6.07, 6.45) is 1.55. The fraction of sp³-hybridized carbons (Fsp3) is 0.111. The van der Waals surface area contributed by atoms with Crippen LogP contribution in [0.25, 0.3) is 6.08 Å². The van der Waals surface area contributed by atoms with E-state index >= 15 is 0 Å². The Balaban J connectivity index is 1.74. The molecule has 1 heterocycles. The third-order valence-corrected chi connectivity index (χ3v) is 4.55. The number of thioether (sulfide) groups is 1. The predicted octanol–water partition coefficient (Wildman–Crippen LogP) is 3.65. The molecule has 1 aliphatic rings. The number of rotatable bonds is 5. The lowest BCUT2D eigenvalue weighted by molar-refractivity contribution is -0.122. The van der Waals surface area contributed by atoms with Gasteiger partial charge in [0.2, 0.25) is 0 Å². The number of aromatic hydroxyl groups is 1. The van der Waals surface area contributed by atoms with Gasteiger partial charge in [-0.25, -0.2) is 4.39 Å². The number of hydrogen-bond acceptors (Lipinski definition) is 6. The van der Waals surface area contributed by atoms with Crippen LogP contribution < -0.4 is 10.1 Å². The highest BCUT2D eigenvalue weighted by molar-refractivity contribution is 8.18. The number of ether oxygens (including phenoxy) is 1. The third kappa shape index (κ3) is 3.80. The molecule has 2 aromatic carbocycles. The van der Waals surface area contributed by atoms with Crippen molar-refractivity contribution in [3.05, 3.63) is 58.8 Å². The first kappa shape index (κ1) is 17.8. The van der Waals surface area contributed by atoms with Crippen LogP contribution in [0.5, 0.6) is 11.5 Å². The summed E-state index contributed by atoms with van der Waals surface area (Å²) < 4.78 is 18.2. The Morgan fingerprint density at radius 1 is 1.27 bits per heavy atom. The predicted molar refractivity (Wildman–Crippen MR) is 97.4 cm³/mol. The number of anilines is 1. The number of carbonyl (C=O) groups is 2. The van der Waals surface area contributed by atoms with Gasteiger partial charge in [-0.05, 0) is 53.7 Å². The van der Waals surface area contributed by atoms with Gasteiger partial charge in [0.15, 0.2) is 11.5 Å². The lowest BCUT2D eigenvalue weighted by atomic mass is 10.2. The van der Waals surface area contributed by atoms with E-state index in [-0.39, 0.29) is 23.1 Å². The Hall–Kier alpha value is -3.00. The fourth-order valence-electron chi connectivity index (χ4n) is 2.34. The molecule has 1 fully saturated rings. The molecule has 0 saturated carbocycles. The number of benzene rings is 2. The van der Waals surface area contributed by atoms with E-state index in [1.807, 2.05) is 0 Å². The number of carbonyl (C=O) groups excluding carboxylic acids is 2. The van der Waals surface area contributed by atoms with E-state index in [0.717, 1.165) is 16.7 Å². The van der Waals surface area contributed by atoms with Gasteiger partial charge >= 0.3 is 0 Å². The first-order valence-electron chi connectivity index (χ1n) is 7.60. The molecule has 0 radical (unpaired) electrons. The zero-order chi connectivity index (χ0) is 18.7. The van der Waals surface area contributed by atoms with E-state index < -0.39 is 17.0 Å². The molecule has 0 spiro atoms. The number of imide groups is 1. The molecule has 1 saturated heterocycles. The Bertz CT molecular complexity index is 901. The largest absolute Gasteiger partial charge is 0.504 e. The molecule has 8 heteroatoms. The van der Waals surface area contributed by atoms with E-state index in [9.17, 15) is 19.1 Å². The molecule has 0 bridgehead atoms. The maximum atomic E-state index is 13.2. The number of halogens is 1. The summed E-state index contributed by atoms with van der Waals surface area (Å²) in [5, 5.41) is 12.0. The molecule has 0 aliphatic carbocycles. The second-order valence-electron chi connectivity index (χ2n) is 5.39. The summed E-state index contributed by atoms with van der Waals surface area (Å²) in [7, 11) is 1.42. The van der Waals surface area contributed by atoms with Gasteiger partial charge < -0.3 is 15.2 Å². The minimum Gasteiger partial charge on any atom is -0.504 e. The van der Waals surface area contributed by atoms with Gasteiger partial charge in [0.1, 0.15) is 5.82 Å². The van der Waals surface area contributed by atoms with Crippen LogP contribution in [0.2, 0.25) is 0 Å². The summed E-state index contributed by atoms with van der Waals surface area (Å²) in [4.78, 5) is 25.8. The van der Waals surface area contributed by atoms with Crippen molar-refractivity contribution in [3.8, 4) is 11.5 Å². The van der Waals surface area contributed by atoms with E-state index in [1.54, 1.807) is 24.3 Å². The molecule has 3 rings (SSSR count). The molecular weight excluding hydrogens is 359 g/mol. The van der Waals surface area contributed by atoms with Crippen molar-refractivity contribution in [2.75, 3.05) is 19.1 Å². The van der Waals surface area contributed by atoms with Crippen LogP contribution in [0.15, 0.2) is 47.4 Å². The number of hydrogen-bond donors (Lipinski definition) is 2. The van der Waals surface area contributed by atoms with Gasteiger partial charge in [0.05, 0.1) is 18.7 Å². The third-order valence-electron chi connectivity index (χ3n) is 3.64. The summed E-state index contributed by atoms with van der Waals surface area (Å²) in [5.74, 6) is -0.607. The van der Waals surface area contributed by atoms with Crippen LogP contribution >= 0.6 is 11.8 Å². The topological polar surface area (TPSA) is 78.9 Å². The molecule has 2 aromatic rings. The molecule has 0 aromatic heterocycles. The second kappa shape index (κ2) is 7.49. The minimum absolute atomic E-state index is 0.0166. The molecule has 6 nitrogen and oxygen atoms in total. The average Bonchev–Trinajstić information content (AvgIpc) is 2.88. The number of phenolic OH excluding ortho intramolecular Hbond substituents is 1. The lowest BCUT2D eigenvalue weighted by Crippen LogP contribution is -2.33. The van der Waals surface area contributed by atoms with Crippen LogP contribution in [-0.4, -0.2) is 34.9 Å². The number of amides is 2. The number of nitrogens with one attached hydrogen (secondary N) is 1. The summed E-state index contributed by atoms with van der Waals surface area (Å²) >= 11 is 0.814. The first-order chi connectivity index (χ1) is 12.5. The molecule has 26 heavy (non-hydrogen) atoms. The van der Waals surface area contributed by atoms with Crippen LogP contribution in [0, 0.1) is 5.82 Å². The van der Waals surface area contributed by atoms with Crippen molar-refractivity contribution in [1.82, 2.24) is 4.90 Å². The van der Waals surface area contributed by atoms with Gasteiger partial charge in [-0.1, -0.05) is 12.1 Å². The van der Waals surface area contributed by atoms with Gasteiger partial charge in [0, 0.05) is 5.69 Å². The zero-order valence-electron chi connectivity index (χ0n) is 13.7. The normalized spacial score (nSPS) is 15.6. The quantitative estimate of drug-likeness (QED) is 0.778. The van der Waals surface area contributed by atoms with Crippen LogP contribution in [0.1, 0.15) is 5.56 Å². The maximum Gasteiger partial charge on any atom is 0.295 e. The van der Waals surface area contributed by atoms with Crippen LogP contribution in [-0.2, 0) is 4.79 Å². The monoisotopic (exact) mass is 374 g/mol. The zero-order valence-corrected chi connectivity index (χ0v) is 14.5. The van der Waals surface area contributed by atoms with Crippen molar-refractivity contribution in [3.63, 3.8) is 0 Å². The first-order valence-corrected chi connectivity index (χ1v) is 8.41. The minimum atomic E-state index is -0.448. The molecule has 134 valence electrons. The van der Waals surface area contributed by atoms with Crippen molar-refractivity contribution in [1.29, 1.82) is 0 Å². The Morgan fingerprint density at radius 3 is 2.81 bits per heavy atom. The standard InChI is InChI=1S/C18H15FN2O4S/c1-25-15-7-11(5-6-14(15)22)8-16-17(23)21(18(24)26-16)10-20-13-4-2-3-12(19)9-13/h2-9,20,22H,10H2,1H3/b16-8-. The maximum absolute atomic E-state index is 13.2. The Labute approximate surface area is 153 Å². The highest BCUT2D eigenvalue weighted by Gasteiger charge is 2.34. The molecular formula is C18H15FN2O4S. The van der Waals surface area contributed by atoms with E-state index in [4.69, 9.17) is 4.74 Å². The van der Waals surface area contributed by atoms with E-state index in [1.165, 1.54) is 31.4 Å². The van der Waals surface area contributed by atoms with Crippen molar-refractivity contribution < 1.29 is 23.8 Å². The van der Waals surface area contributed by atoms with Gasteiger partial charge in [-0.15, -0.1) is 0 Å². The lowest BCUT2D eigenvalue weighted by Gasteiger charge is -2.14. The Morgan fingerprint density at radius 2 is 2.08 bits per heavy atom. The van der Waals surface area contributed by atoms with E-state index in [0.29, 0.717) is 11.3 Å². The van der Waals surface area contributed by atoms with E-state index in [2.05, 4.69) is 5.32 Å². The number of nitrogens with zero attached hydrogens (tertiary/aromatic N) is 1. The summed E-state index contributed by atoms with van der Waals surface area (Å²) in [6, 6.07) is 10.4. The van der Waals surface area contributed by atoms with Crippen molar-refractivity contribution >= 4 is 34.7 Å². The second-order valence-corrected chi connectivity index (χ2v) is 6.38. The summed E-state index contributed by atoms with van der Waals surface area (Å²) in [6.45, 7) is -0.0651. The number of phenols is 1. The molecule has 2 amide bonds. The van der Waals surface area contributed by atoms with Gasteiger partial charge in [0.25, 0.3) is 11.1 Å². The van der Waals surface area contributed by atoms with Crippen LogP contribution in [0.4, 0.5) is 14.9 Å². The van der Waals surface area contributed by atoms with Gasteiger partial charge in [-0.2, -0.15) is 0 Å². The molecule has 1 aliphatic heterocycles. The van der Waals surface area contributed by atoms with Crippen molar-refractivity contribution in [2.24, 2.45) is 0 Å². The molecule has 0 unspecified atom stereocenters. The summed E-state index contributed by atoms with van der Waals surface area (Å²) in [5.41, 5.74) is 1.08. The molecule has 2 N–H and O–H groups in total. The number of methoxy groups -OCH3 is 1. The highest BCUT2D eigenvalue weighted by Crippen LogP contribution is 2.34. The average molecular weight is 374 g/mol. The van der Waals surface area contributed by atoms with Crippen LogP contribution in [0.3, 0.4) is 0 Å². The smallest absolute Gasteiger partial charge is 0.295 e. The highest BCUT2D eigenvalue weighted by atomic mass is 32.2.